The average molecular weight is 611 g/mol. The molecule has 0 aliphatic carbocycles. The number of anilines is 1. The second-order valence-electron chi connectivity index (χ2n) is 8.57. The average Bonchev–Trinajstić information content (AvgIpc) is 3.00. The van der Waals surface area contributed by atoms with Gasteiger partial charge in [0.1, 0.15) is 5.75 Å². The molecule has 0 aromatic heterocycles. The smallest absolute Gasteiger partial charge is 0.410 e. The molecule has 4 rings (SSSR count). The summed E-state index contributed by atoms with van der Waals surface area (Å²) in [6.07, 6.45) is -0.216. The Labute approximate surface area is 219 Å². The summed E-state index contributed by atoms with van der Waals surface area (Å²) in [6.45, 7) is 1.32. The normalized spacial score (nSPS) is 17.3. The molecule has 2 heterocycles. The van der Waals surface area contributed by atoms with E-state index in [-0.39, 0.29) is 24.2 Å². The van der Waals surface area contributed by atoms with Gasteiger partial charge in [0, 0.05) is 37.8 Å². The number of aromatic hydroxyl groups is 1. The van der Waals surface area contributed by atoms with E-state index in [1.54, 1.807) is 12.1 Å². The highest BCUT2D eigenvalue weighted by atomic mass is 79.9. The number of hydrogen-bond acceptors (Lipinski definition) is 5. The number of phenols is 1. The number of piperidine rings is 1. The standard InChI is InChI=1S/C24H25Br2N3O6/c25-17-11-14(12-18(26)21(17)30)13-20(22(31)32)35-24(34)28-8-6-16(7-9-28)29-10-5-15-3-1-2-4-19(15)27-23(29)33/h1-4,11-12,16,20,30H,5-10,13H2,(H,27,33)(H,31,32). The Balaban J connectivity index is 1.33. The van der Waals surface area contributed by atoms with Gasteiger partial charge in [0.15, 0.2) is 0 Å². The lowest BCUT2D eigenvalue weighted by atomic mass is 10.0. The predicted molar refractivity (Wildman–Crippen MR) is 136 cm³/mol. The van der Waals surface area contributed by atoms with Crippen LogP contribution in [0.15, 0.2) is 45.3 Å². The molecule has 11 heteroatoms. The van der Waals surface area contributed by atoms with Gasteiger partial charge in [0.2, 0.25) is 6.10 Å². The lowest BCUT2D eigenvalue weighted by Gasteiger charge is -2.37. The number of rotatable bonds is 5. The molecule has 0 radical (unpaired) electrons. The van der Waals surface area contributed by atoms with Gasteiger partial charge in [-0.15, -0.1) is 0 Å². The molecule has 1 atom stereocenters. The molecule has 1 unspecified atom stereocenters. The first kappa shape index (κ1) is 25.3. The van der Waals surface area contributed by atoms with Crippen molar-refractivity contribution >= 4 is 55.6 Å². The zero-order valence-corrected chi connectivity index (χ0v) is 21.9. The molecule has 3 N–H and O–H groups in total. The molecule has 2 aromatic carbocycles. The van der Waals surface area contributed by atoms with Crippen LogP contribution in [0.25, 0.3) is 0 Å². The Morgan fingerprint density at radius 3 is 2.43 bits per heavy atom. The minimum absolute atomic E-state index is 0.00228. The molecule has 3 amide bonds. The van der Waals surface area contributed by atoms with Gasteiger partial charge in [-0.3, -0.25) is 0 Å². The first-order valence-corrected chi connectivity index (χ1v) is 12.8. The number of halogens is 2. The van der Waals surface area contributed by atoms with Crippen molar-refractivity contribution in [3.05, 3.63) is 56.5 Å². The third kappa shape index (κ3) is 5.90. The van der Waals surface area contributed by atoms with E-state index < -0.39 is 18.2 Å². The van der Waals surface area contributed by atoms with Gasteiger partial charge in [-0.2, -0.15) is 0 Å². The van der Waals surface area contributed by atoms with Crippen molar-refractivity contribution in [3.8, 4) is 5.75 Å². The number of carboxylic acid groups (broad SMARTS) is 1. The number of nitrogens with zero attached hydrogens (tertiary/aromatic N) is 2. The zero-order chi connectivity index (χ0) is 25.1. The maximum atomic E-state index is 12.8. The number of ether oxygens (including phenoxy) is 1. The molecule has 1 saturated heterocycles. The van der Waals surface area contributed by atoms with Gasteiger partial charge in [0.25, 0.3) is 0 Å². The van der Waals surface area contributed by atoms with Crippen LogP contribution in [0.2, 0.25) is 0 Å². The molecule has 2 aliphatic heterocycles. The number of likely N-dealkylation sites (tertiary alicyclic amines) is 1. The van der Waals surface area contributed by atoms with Crippen LogP contribution in [0.4, 0.5) is 15.3 Å². The number of urea groups is 1. The fraction of sp³-hybridized carbons (Fsp3) is 0.375. The van der Waals surface area contributed by atoms with E-state index in [4.69, 9.17) is 4.74 Å². The van der Waals surface area contributed by atoms with Crippen LogP contribution in [-0.2, 0) is 22.4 Å². The summed E-state index contributed by atoms with van der Waals surface area (Å²) in [6, 6.07) is 10.7. The molecule has 0 saturated carbocycles. The summed E-state index contributed by atoms with van der Waals surface area (Å²) in [5.74, 6) is -1.25. The molecule has 0 spiro atoms. The van der Waals surface area contributed by atoms with Crippen LogP contribution < -0.4 is 5.32 Å². The predicted octanol–water partition coefficient (Wildman–Crippen LogP) is 4.60. The van der Waals surface area contributed by atoms with Gasteiger partial charge in [-0.05, 0) is 80.4 Å². The summed E-state index contributed by atoms with van der Waals surface area (Å²) >= 11 is 6.43. The molecule has 0 bridgehead atoms. The lowest BCUT2D eigenvalue weighted by Crippen LogP contribution is -2.50. The molecular weight excluding hydrogens is 586 g/mol. The zero-order valence-electron chi connectivity index (χ0n) is 18.7. The van der Waals surface area contributed by atoms with Gasteiger partial charge < -0.3 is 30.1 Å². The Hall–Kier alpha value is -2.79. The minimum Gasteiger partial charge on any atom is -0.506 e. The van der Waals surface area contributed by atoms with E-state index in [1.165, 1.54) is 4.90 Å². The number of phenolic OH excluding ortho intramolecular Hbond substituents is 1. The number of fused-ring (bicyclic) bond motifs is 1. The summed E-state index contributed by atoms with van der Waals surface area (Å²) in [7, 11) is 0. The van der Waals surface area contributed by atoms with Crippen molar-refractivity contribution in [1.29, 1.82) is 0 Å². The topological polar surface area (TPSA) is 119 Å². The number of amides is 3. The Bertz CT molecular complexity index is 1110. The van der Waals surface area contributed by atoms with Crippen molar-refractivity contribution in [3.63, 3.8) is 0 Å². The summed E-state index contributed by atoms with van der Waals surface area (Å²) in [4.78, 5) is 40.6. The SMILES string of the molecule is O=C(O)C(Cc1cc(Br)c(O)c(Br)c1)OC(=O)N1CCC(N2CCc3ccccc3NC2=O)CC1. The van der Waals surface area contributed by atoms with Crippen LogP contribution in [0.5, 0.6) is 5.75 Å². The van der Waals surface area contributed by atoms with Crippen molar-refractivity contribution in [2.24, 2.45) is 0 Å². The lowest BCUT2D eigenvalue weighted by molar-refractivity contribution is -0.147. The van der Waals surface area contributed by atoms with Gasteiger partial charge >= 0.3 is 18.1 Å². The quantitative estimate of drug-likeness (QED) is 0.455. The fourth-order valence-corrected chi connectivity index (χ4v) is 5.71. The van der Waals surface area contributed by atoms with Gasteiger partial charge in [-0.1, -0.05) is 18.2 Å². The number of benzene rings is 2. The molecule has 2 aliphatic rings. The molecule has 2 aromatic rings. The van der Waals surface area contributed by atoms with Crippen molar-refractivity contribution in [1.82, 2.24) is 9.80 Å². The number of aliphatic carboxylic acids is 1. The first-order chi connectivity index (χ1) is 16.7. The molecule has 9 nitrogen and oxygen atoms in total. The summed E-state index contributed by atoms with van der Waals surface area (Å²) in [5.41, 5.74) is 2.50. The van der Waals surface area contributed by atoms with E-state index >= 15 is 0 Å². The largest absolute Gasteiger partial charge is 0.506 e. The maximum absolute atomic E-state index is 12.8. The number of carbonyl (C=O) groups is 3. The first-order valence-electron chi connectivity index (χ1n) is 11.2. The second kappa shape index (κ2) is 10.9. The van der Waals surface area contributed by atoms with Crippen LogP contribution in [-0.4, -0.2) is 69.9 Å². The number of hydrogen-bond donors (Lipinski definition) is 3. The van der Waals surface area contributed by atoms with Crippen molar-refractivity contribution in [2.75, 3.05) is 25.0 Å². The third-order valence-corrected chi connectivity index (χ3v) is 7.53. The Kier molecular flexibility index (Phi) is 7.85. The van der Waals surface area contributed by atoms with Crippen LogP contribution in [0.1, 0.15) is 24.0 Å². The Morgan fingerprint density at radius 2 is 1.77 bits per heavy atom. The van der Waals surface area contributed by atoms with Crippen LogP contribution in [0, 0.1) is 0 Å². The maximum Gasteiger partial charge on any atom is 0.410 e. The second-order valence-corrected chi connectivity index (χ2v) is 10.3. The number of para-hydroxylation sites is 1. The van der Waals surface area contributed by atoms with E-state index in [9.17, 15) is 24.6 Å². The van der Waals surface area contributed by atoms with E-state index in [2.05, 4.69) is 37.2 Å². The number of carboxylic acids is 1. The number of nitrogens with one attached hydrogen (secondary N) is 1. The highest BCUT2D eigenvalue weighted by Gasteiger charge is 2.33. The highest BCUT2D eigenvalue weighted by molar-refractivity contribution is 9.11. The number of carbonyl (C=O) groups excluding carboxylic acids is 2. The highest BCUT2D eigenvalue weighted by Crippen LogP contribution is 2.34. The van der Waals surface area contributed by atoms with Crippen LogP contribution >= 0.6 is 31.9 Å². The summed E-state index contributed by atoms with van der Waals surface area (Å²) < 4.78 is 6.14. The van der Waals surface area contributed by atoms with E-state index in [0.29, 0.717) is 47.0 Å². The molecular formula is C24H25Br2N3O6. The van der Waals surface area contributed by atoms with Crippen molar-refractivity contribution in [2.45, 2.75) is 37.8 Å². The van der Waals surface area contributed by atoms with Crippen molar-refractivity contribution < 1.29 is 29.3 Å². The molecule has 1 fully saturated rings. The van der Waals surface area contributed by atoms with E-state index in [1.807, 2.05) is 29.2 Å². The van der Waals surface area contributed by atoms with Crippen LogP contribution in [0.3, 0.4) is 0 Å². The molecule has 35 heavy (non-hydrogen) atoms. The minimum atomic E-state index is -1.38. The summed E-state index contributed by atoms with van der Waals surface area (Å²) in [5, 5.41) is 22.4. The van der Waals surface area contributed by atoms with Gasteiger partial charge in [0.05, 0.1) is 8.95 Å². The van der Waals surface area contributed by atoms with E-state index in [0.717, 1.165) is 17.7 Å². The van der Waals surface area contributed by atoms with Gasteiger partial charge in [-0.25, -0.2) is 14.4 Å². The Morgan fingerprint density at radius 1 is 1.11 bits per heavy atom. The third-order valence-electron chi connectivity index (χ3n) is 6.32. The monoisotopic (exact) mass is 609 g/mol. The fourth-order valence-electron chi connectivity index (χ4n) is 4.42. The molecule has 186 valence electrons.